The second kappa shape index (κ2) is 5.00. The molecule has 92 valence electrons. The number of benzene rings is 1. The first-order chi connectivity index (χ1) is 8.61. The first-order valence-electron chi connectivity index (χ1n) is 5.85. The van der Waals surface area contributed by atoms with Gasteiger partial charge in [0.25, 0.3) is 0 Å². The van der Waals surface area contributed by atoms with Gasteiger partial charge in [0.05, 0.1) is 11.9 Å². The lowest BCUT2D eigenvalue weighted by Gasteiger charge is -2.19. The Bertz CT molecular complexity index is 578. The molecule has 3 heteroatoms. The summed E-state index contributed by atoms with van der Waals surface area (Å²) in [6.07, 6.45) is 3.47. The van der Waals surface area contributed by atoms with Crippen molar-refractivity contribution in [1.82, 2.24) is 4.98 Å². The Morgan fingerprint density at radius 1 is 1.17 bits per heavy atom. The molecule has 0 atom stereocenters. The van der Waals surface area contributed by atoms with Crippen LogP contribution in [0, 0.1) is 6.92 Å². The van der Waals surface area contributed by atoms with Gasteiger partial charge in [0, 0.05) is 25.7 Å². The molecule has 0 radical (unpaired) electrons. The number of amides is 1. The molecule has 1 aromatic carbocycles. The zero-order valence-corrected chi connectivity index (χ0v) is 10.8. The Morgan fingerprint density at radius 2 is 1.89 bits per heavy atom. The summed E-state index contributed by atoms with van der Waals surface area (Å²) in [4.78, 5) is 17.2. The van der Waals surface area contributed by atoms with E-state index in [0.29, 0.717) is 0 Å². The van der Waals surface area contributed by atoms with Gasteiger partial charge in [0.2, 0.25) is 5.91 Å². The van der Waals surface area contributed by atoms with E-state index in [0.717, 1.165) is 16.8 Å². The highest BCUT2D eigenvalue weighted by Gasteiger charge is 2.13. The lowest BCUT2D eigenvalue weighted by Crippen LogP contribution is -2.23. The van der Waals surface area contributed by atoms with Gasteiger partial charge < -0.3 is 4.90 Å². The van der Waals surface area contributed by atoms with Crippen molar-refractivity contribution < 1.29 is 4.79 Å². The third kappa shape index (κ3) is 2.25. The van der Waals surface area contributed by atoms with Gasteiger partial charge in [-0.3, -0.25) is 9.78 Å². The average Bonchev–Trinajstić information content (AvgIpc) is 2.38. The van der Waals surface area contributed by atoms with Crippen LogP contribution in [0.3, 0.4) is 0 Å². The number of pyridine rings is 1. The minimum Gasteiger partial charge on any atom is -0.314 e. The Morgan fingerprint density at radius 3 is 2.56 bits per heavy atom. The molecule has 0 saturated carbocycles. The van der Waals surface area contributed by atoms with Gasteiger partial charge >= 0.3 is 0 Å². The van der Waals surface area contributed by atoms with Crippen LogP contribution in [0.25, 0.3) is 11.1 Å². The molecule has 2 aromatic rings. The predicted molar refractivity (Wildman–Crippen MR) is 73.5 cm³/mol. The highest BCUT2D eigenvalue weighted by Crippen LogP contribution is 2.31. The number of rotatable bonds is 2. The van der Waals surface area contributed by atoms with E-state index in [9.17, 15) is 4.79 Å². The van der Waals surface area contributed by atoms with Gasteiger partial charge in [0.15, 0.2) is 0 Å². The van der Waals surface area contributed by atoms with Crippen LogP contribution in [0.4, 0.5) is 5.69 Å². The molecular weight excluding hydrogens is 224 g/mol. The number of aromatic nitrogens is 1. The summed E-state index contributed by atoms with van der Waals surface area (Å²) in [5.74, 6) is -0.00201. The second-order valence-corrected chi connectivity index (χ2v) is 4.29. The van der Waals surface area contributed by atoms with Crippen molar-refractivity contribution in [3.05, 3.63) is 48.3 Å². The smallest absolute Gasteiger partial charge is 0.223 e. The third-order valence-corrected chi connectivity index (χ3v) is 3.07. The molecule has 2 rings (SSSR count). The van der Waals surface area contributed by atoms with E-state index < -0.39 is 0 Å². The van der Waals surface area contributed by atoms with Crippen LogP contribution in [0.2, 0.25) is 0 Å². The van der Waals surface area contributed by atoms with Gasteiger partial charge in [-0.05, 0) is 24.1 Å². The van der Waals surface area contributed by atoms with Crippen LogP contribution in [-0.4, -0.2) is 17.9 Å². The van der Waals surface area contributed by atoms with E-state index in [1.807, 2.05) is 18.2 Å². The van der Waals surface area contributed by atoms with Gasteiger partial charge in [-0.25, -0.2) is 0 Å². The van der Waals surface area contributed by atoms with Crippen molar-refractivity contribution >= 4 is 11.6 Å². The van der Waals surface area contributed by atoms with Crippen LogP contribution in [0.5, 0.6) is 0 Å². The lowest BCUT2D eigenvalue weighted by atomic mass is 10.00. The van der Waals surface area contributed by atoms with Gasteiger partial charge in [-0.1, -0.05) is 24.3 Å². The van der Waals surface area contributed by atoms with Crippen molar-refractivity contribution in [3.8, 4) is 11.1 Å². The minimum absolute atomic E-state index is 0.00201. The van der Waals surface area contributed by atoms with Gasteiger partial charge in [-0.2, -0.15) is 0 Å². The zero-order valence-electron chi connectivity index (χ0n) is 10.8. The first kappa shape index (κ1) is 12.3. The maximum Gasteiger partial charge on any atom is 0.223 e. The predicted octanol–water partition coefficient (Wildman–Crippen LogP) is 3.04. The molecule has 1 amide bonds. The first-order valence-corrected chi connectivity index (χ1v) is 5.85. The maximum atomic E-state index is 11.5. The number of carbonyl (C=O) groups is 1. The quantitative estimate of drug-likeness (QED) is 0.808. The number of hydrogen-bond donors (Lipinski definition) is 0. The molecule has 1 heterocycles. The zero-order chi connectivity index (χ0) is 13.1. The highest BCUT2D eigenvalue weighted by atomic mass is 16.2. The molecule has 1 aromatic heterocycles. The monoisotopic (exact) mass is 240 g/mol. The van der Waals surface area contributed by atoms with Crippen LogP contribution < -0.4 is 4.90 Å². The van der Waals surface area contributed by atoms with Crippen molar-refractivity contribution in [2.75, 3.05) is 11.9 Å². The summed E-state index contributed by atoms with van der Waals surface area (Å²) in [7, 11) is 1.76. The van der Waals surface area contributed by atoms with E-state index in [4.69, 9.17) is 0 Å². The Hall–Kier alpha value is -2.16. The van der Waals surface area contributed by atoms with Crippen LogP contribution >= 0.6 is 0 Å². The molecule has 0 aliphatic heterocycles. The summed E-state index contributed by atoms with van der Waals surface area (Å²) in [5, 5.41) is 0. The molecule has 0 aliphatic carbocycles. The van der Waals surface area contributed by atoms with E-state index in [-0.39, 0.29) is 5.91 Å². The standard InChI is InChI=1S/C15H16N2O/c1-11-6-4-5-7-13(11)14-8-9-16-10-15(14)17(3)12(2)18/h4-10H,1-3H3. The Kier molecular flexibility index (Phi) is 3.42. The average molecular weight is 240 g/mol. The molecule has 0 aliphatic rings. The van der Waals surface area contributed by atoms with Gasteiger partial charge in [-0.15, -0.1) is 0 Å². The summed E-state index contributed by atoms with van der Waals surface area (Å²) >= 11 is 0. The normalized spacial score (nSPS) is 10.2. The number of aryl methyl sites for hydroxylation is 1. The lowest BCUT2D eigenvalue weighted by molar-refractivity contribution is -0.116. The fraction of sp³-hybridized carbons (Fsp3) is 0.200. The summed E-state index contributed by atoms with van der Waals surface area (Å²) in [6, 6.07) is 10.1. The molecule has 0 saturated heterocycles. The van der Waals surface area contributed by atoms with Crippen molar-refractivity contribution in [1.29, 1.82) is 0 Å². The topological polar surface area (TPSA) is 33.2 Å². The second-order valence-electron chi connectivity index (χ2n) is 4.29. The molecule has 18 heavy (non-hydrogen) atoms. The molecule has 3 nitrogen and oxygen atoms in total. The van der Waals surface area contributed by atoms with Crippen LogP contribution in [-0.2, 0) is 4.79 Å². The summed E-state index contributed by atoms with van der Waals surface area (Å²) in [5.41, 5.74) is 4.17. The van der Waals surface area contributed by atoms with Crippen LogP contribution in [0.15, 0.2) is 42.7 Å². The van der Waals surface area contributed by atoms with E-state index in [2.05, 4.69) is 24.0 Å². The largest absolute Gasteiger partial charge is 0.314 e. The number of carbonyl (C=O) groups excluding carboxylic acids is 1. The van der Waals surface area contributed by atoms with Crippen molar-refractivity contribution in [3.63, 3.8) is 0 Å². The van der Waals surface area contributed by atoms with E-state index in [1.165, 1.54) is 5.56 Å². The van der Waals surface area contributed by atoms with E-state index in [1.54, 1.807) is 31.3 Å². The highest BCUT2D eigenvalue weighted by molar-refractivity contribution is 5.95. The molecule has 0 fully saturated rings. The number of hydrogen-bond acceptors (Lipinski definition) is 2. The van der Waals surface area contributed by atoms with Crippen molar-refractivity contribution in [2.24, 2.45) is 0 Å². The molecule has 0 unspecified atom stereocenters. The van der Waals surface area contributed by atoms with E-state index >= 15 is 0 Å². The Labute approximate surface area is 107 Å². The summed E-state index contributed by atoms with van der Waals surface area (Å²) in [6.45, 7) is 3.61. The molecular formula is C15H16N2O. The maximum absolute atomic E-state index is 11.5. The number of anilines is 1. The third-order valence-electron chi connectivity index (χ3n) is 3.07. The summed E-state index contributed by atoms with van der Waals surface area (Å²) < 4.78 is 0. The molecule has 0 bridgehead atoms. The molecule has 0 spiro atoms. The SMILES string of the molecule is CC(=O)N(C)c1cnccc1-c1ccccc1C. The fourth-order valence-corrected chi connectivity index (χ4v) is 1.93. The fourth-order valence-electron chi connectivity index (χ4n) is 1.93. The minimum atomic E-state index is -0.00201. The van der Waals surface area contributed by atoms with Gasteiger partial charge in [0.1, 0.15) is 0 Å². The molecule has 0 N–H and O–H groups in total. The number of nitrogens with zero attached hydrogens (tertiary/aromatic N) is 2. The van der Waals surface area contributed by atoms with Crippen molar-refractivity contribution in [2.45, 2.75) is 13.8 Å². The Balaban J connectivity index is 2.59. The van der Waals surface area contributed by atoms with Crippen LogP contribution in [0.1, 0.15) is 12.5 Å².